The largest absolute Gasteiger partial charge is 0.477 e. The molecule has 0 rings (SSSR count). The van der Waals surface area contributed by atoms with Gasteiger partial charge < -0.3 is 28.5 Å². The van der Waals surface area contributed by atoms with E-state index < -0.39 is 24.3 Å². The Bertz CT molecular complexity index is 1280. The van der Waals surface area contributed by atoms with Crippen LogP contribution in [0.1, 0.15) is 142 Å². The number of nitrogens with zero attached hydrogens (tertiary/aromatic N) is 1. The van der Waals surface area contributed by atoms with Crippen LogP contribution in [0.2, 0.25) is 0 Å². The first-order valence-electron chi connectivity index (χ1n) is 22.4. The molecule has 0 aliphatic heterocycles. The van der Waals surface area contributed by atoms with Gasteiger partial charge in [-0.25, -0.2) is 4.79 Å². The second-order valence-corrected chi connectivity index (χ2v) is 15.6. The summed E-state index contributed by atoms with van der Waals surface area (Å²) in [7, 11) is 5.92. The number of carbonyl (C=O) groups is 3. The number of rotatable bonds is 39. The molecule has 0 bridgehead atoms. The van der Waals surface area contributed by atoms with Crippen molar-refractivity contribution in [2.75, 3.05) is 47.5 Å². The minimum absolute atomic E-state index is 0.173. The number of aliphatic carboxylic acids is 1. The molecule has 0 heterocycles. The lowest BCUT2D eigenvalue weighted by atomic mass is 10.1. The van der Waals surface area contributed by atoms with Crippen molar-refractivity contribution in [3.63, 3.8) is 0 Å². The number of allylic oxidation sites excluding steroid dienone is 16. The summed E-state index contributed by atoms with van der Waals surface area (Å²) >= 11 is 0. The van der Waals surface area contributed by atoms with Crippen LogP contribution in [0.25, 0.3) is 0 Å². The monoisotopic (exact) mass is 825 g/mol. The molecule has 59 heavy (non-hydrogen) atoms. The van der Waals surface area contributed by atoms with Gasteiger partial charge in [0.25, 0.3) is 6.29 Å². The molecule has 0 fully saturated rings. The Morgan fingerprint density at radius 2 is 0.915 bits per heavy atom. The number of carboxylic acid groups (broad SMARTS) is 1. The predicted molar refractivity (Wildman–Crippen MR) is 244 cm³/mol. The highest BCUT2D eigenvalue weighted by atomic mass is 16.7. The van der Waals surface area contributed by atoms with E-state index in [0.717, 1.165) is 103 Å². The minimum Gasteiger partial charge on any atom is -0.477 e. The lowest BCUT2D eigenvalue weighted by Gasteiger charge is -2.25. The molecule has 0 aromatic rings. The standard InChI is InChI=1S/C50H81NO8/c1-6-8-10-12-14-16-18-20-21-22-23-24-25-26-27-29-31-33-35-37-39-41-48(53)59-46(45-58-50(49(54)55)56-43-42-51(3,4)5)44-57-47(52)40-38-36-34-32-30-28-19-17-15-13-11-9-7-2/h8-11,14-17,20-21,23-24,26-28,30,46,50H,6-7,12-13,18-19,22,25,29,31-45H2,1-5H3/p+1/b10-8-,11-9-,16-14-,17-15-,21-20-,24-23-,27-26-,30-28-. The molecular formula is C50H82NO8+. The Labute approximate surface area is 359 Å². The van der Waals surface area contributed by atoms with Crippen molar-refractivity contribution in [1.29, 1.82) is 0 Å². The van der Waals surface area contributed by atoms with Crippen molar-refractivity contribution in [3.8, 4) is 0 Å². The summed E-state index contributed by atoms with van der Waals surface area (Å²) in [5.74, 6) is -2.09. The zero-order valence-corrected chi connectivity index (χ0v) is 37.6. The minimum atomic E-state index is -1.53. The van der Waals surface area contributed by atoms with Gasteiger partial charge in [-0.15, -0.1) is 0 Å². The van der Waals surface area contributed by atoms with Gasteiger partial charge in [-0.3, -0.25) is 9.59 Å². The van der Waals surface area contributed by atoms with Crippen LogP contribution in [0, 0.1) is 0 Å². The van der Waals surface area contributed by atoms with E-state index in [1.807, 2.05) is 21.1 Å². The van der Waals surface area contributed by atoms with Crippen molar-refractivity contribution >= 4 is 17.9 Å². The third-order valence-corrected chi connectivity index (χ3v) is 8.84. The molecule has 0 amide bonds. The highest BCUT2D eigenvalue weighted by Crippen LogP contribution is 2.12. The Morgan fingerprint density at radius 3 is 1.37 bits per heavy atom. The van der Waals surface area contributed by atoms with E-state index in [4.69, 9.17) is 18.9 Å². The van der Waals surface area contributed by atoms with Gasteiger partial charge in [0.1, 0.15) is 13.2 Å². The first-order chi connectivity index (χ1) is 28.6. The third kappa shape index (κ3) is 42.1. The lowest BCUT2D eigenvalue weighted by Crippen LogP contribution is -2.40. The summed E-state index contributed by atoms with van der Waals surface area (Å²) in [4.78, 5) is 37.1. The van der Waals surface area contributed by atoms with E-state index >= 15 is 0 Å². The average molecular weight is 825 g/mol. The molecule has 334 valence electrons. The fraction of sp³-hybridized carbons (Fsp3) is 0.620. The zero-order valence-electron chi connectivity index (χ0n) is 37.6. The molecule has 0 saturated carbocycles. The van der Waals surface area contributed by atoms with Crippen LogP contribution in [-0.2, 0) is 33.3 Å². The number of likely N-dealkylation sites (N-methyl/N-ethyl adjacent to an activating group) is 1. The number of carbonyl (C=O) groups excluding carboxylic acids is 2. The first-order valence-corrected chi connectivity index (χ1v) is 22.4. The van der Waals surface area contributed by atoms with Crippen LogP contribution in [0.3, 0.4) is 0 Å². The summed E-state index contributed by atoms with van der Waals surface area (Å²) in [6, 6.07) is 0. The van der Waals surface area contributed by atoms with Crippen molar-refractivity contribution in [2.45, 2.75) is 155 Å². The Balaban J connectivity index is 4.52. The van der Waals surface area contributed by atoms with E-state index in [9.17, 15) is 19.5 Å². The van der Waals surface area contributed by atoms with Crippen LogP contribution in [-0.4, -0.2) is 87.4 Å². The summed E-state index contributed by atoms with van der Waals surface area (Å²) in [5, 5.41) is 9.63. The highest BCUT2D eigenvalue weighted by molar-refractivity contribution is 5.71. The molecule has 0 aromatic heterocycles. The summed E-state index contributed by atoms with van der Waals surface area (Å²) in [6.07, 6.45) is 50.4. The number of esters is 2. The molecule has 0 aromatic carbocycles. The van der Waals surface area contributed by atoms with Crippen molar-refractivity contribution in [1.82, 2.24) is 0 Å². The maximum absolute atomic E-state index is 12.8. The van der Waals surface area contributed by atoms with Gasteiger partial charge in [0.2, 0.25) is 0 Å². The third-order valence-electron chi connectivity index (χ3n) is 8.84. The topological polar surface area (TPSA) is 108 Å². The van der Waals surface area contributed by atoms with E-state index in [1.54, 1.807) is 0 Å². The van der Waals surface area contributed by atoms with Crippen LogP contribution < -0.4 is 0 Å². The summed E-state index contributed by atoms with van der Waals surface area (Å²) in [5.41, 5.74) is 0. The molecule has 0 saturated heterocycles. The normalized spacial score (nSPS) is 13.8. The highest BCUT2D eigenvalue weighted by Gasteiger charge is 2.25. The average Bonchev–Trinajstić information content (AvgIpc) is 3.19. The molecular weight excluding hydrogens is 743 g/mol. The maximum Gasteiger partial charge on any atom is 0.361 e. The van der Waals surface area contributed by atoms with Gasteiger partial charge in [-0.1, -0.05) is 137 Å². The number of ether oxygens (including phenoxy) is 4. The van der Waals surface area contributed by atoms with Gasteiger partial charge >= 0.3 is 17.9 Å². The molecule has 9 nitrogen and oxygen atoms in total. The van der Waals surface area contributed by atoms with Crippen molar-refractivity contribution in [2.24, 2.45) is 0 Å². The molecule has 1 N–H and O–H groups in total. The smallest absolute Gasteiger partial charge is 0.361 e. The number of quaternary nitrogens is 1. The Kier molecular flexibility index (Phi) is 38.3. The van der Waals surface area contributed by atoms with Crippen LogP contribution in [0.5, 0.6) is 0 Å². The Hall–Kier alpha value is -3.79. The predicted octanol–water partition coefficient (Wildman–Crippen LogP) is 11.9. The van der Waals surface area contributed by atoms with Gasteiger partial charge in [-0.2, -0.15) is 0 Å². The number of hydrogen-bond acceptors (Lipinski definition) is 7. The molecule has 9 heteroatoms. The molecule has 0 aliphatic carbocycles. The van der Waals surface area contributed by atoms with Gasteiger partial charge in [0.15, 0.2) is 6.10 Å². The number of hydrogen-bond donors (Lipinski definition) is 1. The molecule has 0 aliphatic rings. The van der Waals surface area contributed by atoms with Gasteiger partial charge in [0.05, 0.1) is 34.4 Å². The fourth-order valence-electron chi connectivity index (χ4n) is 5.40. The van der Waals surface area contributed by atoms with Crippen LogP contribution in [0.4, 0.5) is 0 Å². The van der Waals surface area contributed by atoms with Gasteiger partial charge in [-0.05, 0) is 89.9 Å². The molecule has 2 unspecified atom stereocenters. The lowest BCUT2D eigenvalue weighted by molar-refractivity contribution is -0.870. The molecule has 2 atom stereocenters. The van der Waals surface area contributed by atoms with E-state index in [2.05, 4.69) is 111 Å². The SMILES string of the molecule is CC/C=C\C/C=C\C/C=C\C/C=C\C/C=C\CCCCCCCC(=O)OC(COC(=O)CCCCC/C=C\C/C=C\C/C=C\CC)COC(OCC[N+](C)(C)C)C(=O)O. The Morgan fingerprint density at radius 1 is 0.508 bits per heavy atom. The maximum atomic E-state index is 12.8. The second-order valence-electron chi connectivity index (χ2n) is 15.6. The quantitative estimate of drug-likeness (QED) is 0.0215. The van der Waals surface area contributed by atoms with E-state index in [1.165, 1.54) is 0 Å². The van der Waals surface area contributed by atoms with Crippen LogP contribution in [0.15, 0.2) is 97.2 Å². The molecule has 0 radical (unpaired) electrons. The van der Waals surface area contributed by atoms with Gasteiger partial charge in [0, 0.05) is 12.8 Å². The summed E-state index contributed by atoms with van der Waals surface area (Å²) < 4.78 is 22.7. The van der Waals surface area contributed by atoms with E-state index in [0.29, 0.717) is 23.9 Å². The van der Waals surface area contributed by atoms with Crippen molar-refractivity contribution < 1.29 is 42.9 Å². The van der Waals surface area contributed by atoms with Crippen molar-refractivity contribution in [3.05, 3.63) is 97.2 Å². The molecule has 0 spiro atoms. The second kappa shape index (κ2) is 41.0. The first kappa shape index (κ1) is 55.2. The summed E-state index contributed by atoms with van der Waals surface area (Å²) in [6.45, 7) is 4.55. The fourth-order valence-corrected chi connectivity index (χ4v) is 5.40. The van der Waals surface area contributed by atoms with E-state index in [-0.39, 0.29) is 38.6 Å². The zero-order chi connectivity index (χ0) is 43.5. The number of unbranched alkanes of at least 4 members (excludes halogenated alkanes) is 8. The number of carboxylic acids is 1. The van der Waals surface area contributed by atoms with Crippen LogP contribution >= 0.6 is 0 Å².